The molecule has 0 fully saturated rings. The van der Waals surface area contributed by atoms with E-state index in [9.17, 15) is 13.8 Å². The van der Waals surface area contributed by atoms with Crippen molar-refractivity contribution in [1.29, 1.82) is 5.26 Å². The van der Waals surface area contributed by atoms with Gasteiger partial charge in [-0.05, 0) is 25.7 Å². The molecule has 134 valence electrons. The second-order valence-electron chi connectivity index (χ2n) is 6.94. The highest BCUT2D eigenvalue weighted by Crippen LogP contribution is 2.24. The zero-order valence-corrected chi connectivity index (χ0v) is 15.6. The van der Waals surface area contributed by atoms with E-state index in [-0.39, 0.29) is 11.8 Å². The third kappa shape index (κ3) is 8.07. The normalized spacial score (nSPS) is 12.6. The van der Waals surface area contributed by atoms with Crippen LogP contribution < -0.4 is 10.7 Å². The lowest BCUT2D eigenvalue weighted by Gasteiger charge is -2.21. The van der Waals surface area contributed by atoms with Crippen molar-refractivity contribution >= 4 is 22.6 Å². The number of hydrogen-bond acceptors (Lipinski definition) is 4. The molecule has 0 bridgehead atoms. The average molecular weight is 354 g/mol. The number of carbonyl (C=O) groups excluding carboxylic acids is 2. The molecule has 0 aromatic carbocycles. The van der Waals surface area contributed by atoms with Crippen LogP contribution in [0.15, 0.2) is 0 Å². The number of nitrogens with one attached hydrogen (secondary N) is 2. The first-order valence-corrected chi connectivity index (χ1v) is 9.27. The van der Waals surface area contributed by atoms with E-state index in [1.165, 1.54) is 0 Å². The molecule has 0 heterocycles. The minimum absolute atomic E-state index is 0.325. The Kier molecular flexibility index (Phi) is 9.24. The number of nitrogens with zero attached hydrogens (tertiary/aromatic N) is 2. The van der Waals surface area contributed by atoms with Crippen molar-refractivity contribution in [3.63, 3.8) is 0 Å². The predicted octanol–water partition coefficient (Wildman–Crippen LogP) is 1.90. The molecular weight excluding hydrogens is 328 g/mol. The second-order valence-corrected chi connectivity index (χ2v) is 8.64. The van der Waals surface area contributed by atoms with E-state index in [1.807, 2.05) is 0 Å². The van der Waals surface area contributed by atoms with Crippen molar-refractivity contribution in [2.24, 2.45) is 10.8 Å². The van der Waals surface area contributed by atoms with E-state index in [1.54, 1.807) is 33.9 Å². The first kappa shape index (κ1) is 22.1. The highest BCUT2D eigenvalue weighted by molar-refractivity contribution is 7.84. The van der Waals surface area contributed by atoms with Gasteiger partial charge in [0.15, 0.2) is 6.19 Å². The van der Waals surface area contributed by atoms with Gasteiger partial charge in [0.1, 0.15) is 0 Å². The molecule has 8 heteroatoms. The molecule has 1 atom stereocenters. The molecule has 2 N–H and O–H groups in total. The van der Waals surface area contributed by atoms with E-state index in [4.69, 9.17) is 11.8 Å². The van der Waals surface area contributed by atoms with Crippen molar-refractivity contribution in [3.8, 4) is 6.19 Å². The quantitative estimate of drug-likeness (QED) is 0.271. The molecule has 0 aliphatic heterocycles. The predicted molar refractivity (Wildman–Crippen MR) is 92.4 cm³/mol. The minimum Gasteiger partial charge on any atom is -0.273 e. The molecule has 0 aliphatic rings. The van der Waals surface area contributed by atoms with Gasteiger partial charge >= 0.3 is 0 Å². The van der Waals surface area contributed by atoms with E-state index in [2.05, 4.69) is 15.7 Å². The Morgan fingerprint density at radius 3 is 1.96 bits per heavy atom. The van der Waals surface area contributed by atoms with Crippen LogP contribution in [0.4, 0.5) is 0 Å². The summed E-state index contributed by atoms with van der Waals surface area (Å²) in [6.07, 6.45) is 3.97. The van der Waals surface area contributed by atoms with Crippen LogP contribution in [0.2, 0.25) is 0 Å². The van der Waals surface area contributed by atoms with Gasteiger partial charge in [-0.3, -0.25) is 19.1 Å². The van der Waals surface area contributed by atoms with Crippen LogP contribution in [0.3, 0.4) is 0 Å². The van der Waals surface area contributed by atoms with Crippen LogP contribution in [0.1, 0.15) is 53.4 Å². The maximum Gasteiger partial charge on any atom is 0.293 e. The lowest BCUT2D eigenvalue weighted by molar-refractivity contribution is -0.129. The summed E-state index contributed by atoms with van der Waals surface area (Å²) in [4.78, 5) is 26.2. The Labute approximate surface area is 146 Å². The maximum absolute atomic E-state index is 12.0. The molecule has 1 unspecified atom stereocenters. The van der Waals surface area contributed by atoms with Crippen molar-refractivity contribution in [1.82, 2.24) is 10.7 Å². The van der Waals surface area contributed by atoms with Crippen LogP contribution in [0, 0.1) is 28.9 Å². The zero-order chi connectivity index (χ0) is 18.8. The van der Waals surface area contributed by atoms with Gasteiger partial charge in [-0.25, -0.2) is 0 Å². The summed E-state index contributed by atoms with van der Waals surface area (Å²) in [5.41, 5.74) is 0.784. The van der Waals surface area contributed by atoms with Crippen LogP contribution in [-0.4, -0.2) is 27.5 Å². The fourth-order valence-corrected chi connectivity index (χ4v) is 3.24. The summed E-state index contributed by atoms with van der Waals surface area (Å²) >= 11 is 0. The summed E-state index contributed by atoms with van der Waals surface area (Å²) in [7, 11) is -1.01. The smallest absolute Gasteiger partial charge is 0.273 e. The Bertz CT molecular complexity index is 511. The van der Waals surface area contributed by atoms with Gasteiger partial charge in [0.05, 0.1) is 5.41 Å². The average Bonchev–Trinajstić information content (AvgIpc) is 2.47. The second kappa shape index (κ2) is 10.0. The molecule has 0 aromatic heterocycles. The summed E-state index contributed by atoms with van der Waals surface area (Å²) in [6, 6.07) is 0. The molecule has 24 heavy (non-hydrogen) atoms. The molecule has 7 nitrogen and oxygen atoms in total. The largest absolute Gasteiger partial charge is 0.293 e. The fraction of sp³-hybridized carbons (Fsp3) is 0.750. The monoisotopic (exact) mass is 354 g/mol. The van der Waals surface area contributed by atoms with Crippen LogP contribution in [0.5, 0.6) is 0 Å². The minimum atomic E-state index is -1.01. The number of nitriles is 1. The summed E-state index contributed by atoms with van der Waals surface area (Å²) in [5.74, 6) is 0.314. The van der Waals surface area contributed by atoms with Gasteiger partial charge in [0.25, 0.3) is 5.91 Å². The Balaban J connectivity index is 4.13. The molecule has 2 amide bonds. The summed E-state index contributed by atoms with van der Waals surface area (Å²) < 4.78 is 12.0. The number of rotatable bonds is 10. The lowest BCUT2D eigenvalue weighted by Crippen LogP contribution is -2.34. The van der Waals surface area contributed by atoms with Crippen LogP contribution >= 0.6 is 0 Å². The van der Waals surface area contributed by atoms with E-state index < -0.39 is 21.6 Å². The molecule has 0 aliphatic carbocycles. The molecule has 0 rings (SSSR count). The lowest BCUT2D eigenvalue weighted by atomic mass is 9.87. The van der Waals surface area contributed by atoms with Crippen molar-refractivity contribution in [2.75, 3.05) is 11.5 Å². The van der Waals surface area contributed by atoms with E-state index >= 15 is 0 Å². The number of amides is 2. The molecule has 0 aromatic rings. The van der Waals surface area contributed by atoms with Crippen molar-refractivity contribution < 1.29 is 13.8 Å². The van der Waals surface area contributed by atoms with Gasteiger partial charge in [-0.2, -0.15) is 16.8 Å². The van der Waals surface area contributed by atoms with Gasteiger partial charge in [-0.15, -0.1) is 0 Å². The molecule has 0 radical (unpaired) electrons. The number of hydrogen-bond donors (Lipinski definition) is 2. The Morgan fingerprint density at radius 1 is 1.08 bits per heavy atom. The van der Waals surface area contributed by atoms with Gasteiger partial charge < -0.3 is 0 Å². The van der Waals surface area contributed by atoms with Crippen LogP contribution in [-0.2, 0) is 20.4 Å². The molecular formula is C16H26N4O3S. The summed E-state index contributed by atoms with van der Waals surface area (Å²) in [6.45, 7) is 13.7. The van der Waals surface area contributed by atoms with E-state index in [0.29, 0.717) is 37.2 Å². The van der Waals surface area contributed by atoms with Gasteiger partial charge in [-0.1, -0.05) is 33.1 Å². The summed E-state index contributed by atoms with van der Waals surface area (Å²) in [5, 5.41) is 10.6. The Morgan fingerprint density at radius 2 is 1.54 bits per heavy atom. The SMILES string of the molecule is [C-]#[N+]NC(=O)C(C)(C)CCCS(=O)CCCC(C)(C)C(=O)NC#N. The third-order valence-electron chi connectivity index (χ3n) is 3.90. The molecule has 0 saturated heterocycles. The number of carbonyl (C=O) groups is 2. The van der Waals surface area contributed by atoms with Crippen LogP contribution in [0.25, 0.3) is 4.95 Å². The zero-order valence-electron chi connectivity index (χ0n) is 14.8. The first-order chi connectivity index (χ1) is 11.1. The highest BCUT2D eigenvalue weighted by atomic mass is 32.2. The standard InChI is InChI=1S/C16H26N4O3S/c1-15(2,13(21)19-12-17)8-6-10-24(23)11-7-9-16(3,4)14(22)20-18-5/h6-11H2,1-4H3,(H,19,21)(H,20,22). The maximum atomic E-state index is 12.0. The molecule has 0 spiro atoms. The topological polar surface area (TPSA) is 103 Å². The highest BCUT2D eigenvalue weighted by Gasteiger charge is 2.29. The molecule has 0 saturated carbocycles. The van der Waals surface area contributed by atoms with Crippen molar-refractivity contribution in [2.45, 2.75) is 53.4 Å². The van der Waals surface area contributed by atoms with Gasteiger partial charge in [0.2, 0.25) is 5.91 Å². The fourth-order valence-electron chi connectivity index (χ4n) is 2.10. The third-order valence-corrected chi connectivity index (χ3v) is 5.39. The van der Waals surface area contributed by atoms with Crippen molar-refractivity contribution in [3.05, 3.63) is 11.5 Å². The first-order valence-electron chi connectivity index (χ1n) is 7.78. The van der Waals surface area contributed by atoms with E-state index in [0.717, 1.165) is 0 Å². The Hall–Kier alpha value is -1.93. The van der Waals surface area contributed by atoms with Gasteiger partial charge in [0, 0.05) is 27.7 Å².